The first-order valence-electron chi connectivity index (χ1n) is 6.32. The molecule has 102 valence electrons. The number of nitrogens with zero attached hydrogens (tertiary/aromatic N) is 3. The number of carboxylic acids is 1. The lowest BCUT2D eigenvalue weighted by Gasteiger charge is -2.21. The number of aromatic nitrogens is 2. The van der Waals surface area contributed by atoms with Crippen molar-refractivity contribution >= 4 is 17.5 Å². The SMILES string of the molecule is O=C(O)c1ccc(N2CCCOc3ccccc32)nn1. The van der Waals surface area contributed by atoms with E-state index in [1.165, 1.54) is 6.07 Å². The largest absolute Gasteiger partial charge is 0.491 e. The molecule has 0 unspecified atom stereocenters. The second kappa shape index (κ2) is 5.16. The van der Waals surface area contributed by atoms with Gasteiger partial charge in [0.15, 0.2) is 11.5 Å². The van der Waals surface area contributed by atoms with Crippen LogP contribution in [-0.2, 0) is 0 Å². The van der Waals surface area contributed by atoms with Crippen molar-refractivity contribution < 1.29 is 14.6 Å². The molecule has 0 bridgehead atoms. The zero-order valence-electron chi connectivity index (χ0n) is 10.7. The quantitative estimate of drug-likeness (QED) is 0.901. The number of para-hydroxylation sites is 2. The lowest BCUT2D eigenvalue weighted by atomic mass is 10.2. The van der Waals surface area contributed by atoms with Crippen LogP contribution in [0.4, 0.5) is 11.5 Å². The molecular weight excluding hydrogens is 258 g/mol. The van der Waals surface area contributed by atoms with Gasteiger partial charge in [0.1, 0.15) is 5.75 Å². The second-order valence-electron chi connectivity index (χ2n) is 4.40. The van der Waals surface area contributed by atoms with Crippen molar-refractivity contribution in [1.29, 1.82) is 0 Å². The summed E-state index contributed by atoms with van der Waals surface area (Å²) in [6.45, 7) is 1.40. The third kappa shape index (κ3) is 2.27. The molecule has 0 amide bonds. The molecule has 0 radical (unpaired) electrons. The van der Waals surface area contributed by atoms with E-state index in [1.807, 2.05) is 29.2 Å². The minimum Gasteiger partial charge on any atom is -0.491 e. The molecule has 1 N–H and O–H groups in total. The Kier molecular flexibility index (Phi) is 3.20. The summed E-state index contributed by atoms with van der Waals surface area (Å²) in [5.74, 6) is 0.339. The van der Waals surface area contributed by atoms with E-state index in [2.05, 4.69) is 10.2 Å². The maximum absolute atomic E-state index is 10.8. The molecule has 0 fully saturated rings. The van der Waals surface area contributed by atoms with Crippen LogP contribution < -0.4 is 9.64 Å². The van der Waals surface area contributed by atoms with E-state index in [0.29, 0.717) is 12.4 Å². The van der Waals surface area contributed by atoms with Crippen molar-refractivity contribution in [2.24, 2.45) is 0 Å². The summed E-state index contributed by atoms with van der Waals surface area (Å²) in [6, 6.07) is 10.8. The number of anilines is 2. The van der Waals surface area contributed by atoms with E-state index in [-0.39, 0.29) is 5.69 Å². The minimum atomic E-state index is -1.08. The van der Waals surface area contributed by atoms with Crippen molar-refractivity contribution in [3.63, 3.8) is 0 Å². The average Bonchev–Trinajstić information content (AvgIpc) is 2.69. The summed E-state index contributed by atoms with van der Waals surface area (Å²) < 4.78 is 5.68. The van der Waals surface area contributed by atoms with Gasteiger partial charge in [-0.05, 0) is 30.7 Å². The molecule has 0 saturated carbocycles. The van der Waals surface area contributed by atoms with Gasteiger partial charge in [0.25, 0.3) is 0 Å². The van der Waals surface area contributed by atoms with Gasteiger partial charge in [0, 0.05) is 6.54 Å². The lowest BCUT2D eigenvalue weighted by Crippen LogP contribution is -2.19. The first-order valence-corrected chi connectivity index (χ1v) is 6.32. The molecule has 0 aliphatic carbocycles. The van der Waals surface area contributed by atoms with Crippen LogP contribution in [0.5, 0.6) is 5.75 Å². The zero-order chi connectivity index (χ0) is 13.9. The highest BCUT2D eigenvalue weighted by Gasteiger charge is 2.19. The Balaban J connectivity index is 1.98. The van der Waals surface area contributed by atoms with E-state index in [4.69, 9.17) is 9.84 Å². The Morgan fingerprint density at radius 1 is 1.20 bits per heavy atom. The number of ether oxygens (including phenoxy) is 1. The predicted molar refractivity (Wildman–Crippen MR) is 72.6 cm³/mol. The summed E-state index contributed by atoms with van der Waals surface area (Å²) in [5, 5.41) is 16.6. The minimum absolute atomic E-state index is 0.0619. The van der Waals surface area contributed by atoms with E-state index in [9.17, 15) is 4.79 Å². The van der Waals surface area contributed by atoms with Crippen molar-refractivity contribution in [3.8, 4) is 5.75 Å². The number of aromatic carboxylic acids is 1. The maximum Gasteiger partial charge on any atom is 0.356 e. The lowest BCUT2D eigenvalue weighted by molar-refractivity contribution is 0.0689. The van der Waals surface area contributed by atoms with Gasteiger partial charge in [-0.25, -0.2) is 4.79 Å². The molecule has 6 heteroatoms. The van der Waals surface area contributed by atoms with Gasteiger partial charge < -0.3 is 14.7 Å². The highest BCUT2D eigenvalue weighted by Crippen LogP contribution is 2.34. The zero-order valence-corrected chi connectivity index (χ0v) is 10.7. The number of rotatable bonds is 2. The fourth-order valence-corrected chi connectivity index (χ4v) is 2.15. The smallest absolute Gasteiger partial charge is 0.356 e. The second-order valence-corrected chi connectivity index (χ2v) is 4.40. The Morgan fingerprint density at radius 2 is 2.05 bits per heavy atom. The fraction of sp³-hybridized carbons (Fsp3) is 0.214. The standard InChI is InChI=1S/C14H13N3O3/c18-14(19)10-6-7-13(16-15-10)17-8-3-9-20-12-5-2-1-4-11(12)17/h1-2,4-7H,3,8-9H2,(H,18,19). The van der Waals surface area contributed by atoms with Crippen LogP contribution in [0.1, 0.15) is 16.9 Å². The molecule has 1 aliphatic rings. The summed E-state index contributed by atoms with van der Waals surface area (Å²) in [4.78, 5) is 12.8. The molecule has 1 aromatic heterocycles. The molecule has 20 heavy (non-hydrogen) atoms. The van der Waals surface area contributed by atoms with Crippen LogP contribution in [0, 0.1) is 0 Å². The topological polar surface area (TPSA) is 75.5 Å². The molecule has 0 atom stereocenters. The maximum atomic E-state index is 10.8. The summed E-state index contributed by atoms with van der Waals surface area (Å²) in [7, 11) is 0. The van der Waals surface area contributed by atoms with E-state index >= 15 is 0 Å². The van der Waals surface area contributed by atoms with Gasteiger partial charge in [-0.1, -0.05) is 12.1 Å². The summed E-state index contributed by atoms with van der Waals surface area (Å²) in [5.41, 5.74) is 0.857. The molecule has 2 heterocycles. The van der Waals surface area contributed by atoms with Crippen LogP contribution >= 0.6 is 0 Å². The monoisotopic (exact) mass is 271 g/mol. The van der Waals surface area contributed by atoms with Crippen molar-refractivity contribution in [1.82, 2.24) is 10.2 Å². The molecule has 0 saturated heterocycles. The van der Waals surface area contributed by atoms with Gasteiger partial charge in [-0.2, -0.15) is 0 Å². The van der Waals surface area contributed by atoms with Gasteiger partial charge in [-0.15, -0.1) is 10.2 Å². The Hall–Kier alpha value is -2.63. The van der Waals surface area contributed by atoms with Crippen LogP contribution in [0.3, 0.4) is 0 Å². The predicted octanol–water partition coefficient (Wildman–Crippen LogP) is 2.10. The number of fused-ring (bicyclic) bond motifs is 1. The summed E-state index contributed by atoms with van der Waals surface area (Å²) >= 11 is 0. The van der Waals surface area contributed by atoms with Crippen LogP contribution in [0.2, 0.25) is 0 Å². The average molecular weight is 271 g/mol. The van der Waals surface area contributed by atoms with Gasteiger partial charge in [-0.3, -0.25) is 0 Å². The third-order valence-electron chi connectivity index (χ3n) is 3.09. The van der Waals surface area contributed by atoms with E-state index < -0.39 is 5.97 Å². The number of hydrogen-bond acceptors (Lipinski definition) is 5. The van der Waals surface area contributed by atoms with Crippen LogP contribution in [0.15, 0.2) is 36.4 Å². The molecule has 3 rings (SSSR count). The van der Waals surface area contributed by atoms with E-state index in [1.54, 1.807) is 6.07 Å². The normalized spacial score (nSPS) is 14.1. The first-order chi connectivity index (χ1) is 9.75. The molecule has 6 nitrogen and oxygen atoms in total. The number of benzene rings is 1. The third-order valence-corrected chi connectivity index (χ3v) is 3.09. The molecule has 1 aromatic carbocycles. The van der Waals surface area contributed by atoms with Crippen molar-refractivity contribution in [2.75, 3.05) is 18.1 Å². The van der Waals surface area contributed by atoms with Crippen LogP contribution in [0.25, 0.3) is 0 Å². The Morgan fingerprint density at radius 3 is 2.80 bits per heavy atom. The highest BCUT2D eigenvalue weighted by atomic mass is 16.5. The molecular formula is C14H13N3O3. The fourth-order valence-electron chi connectivity index (χ4n) is 2.15. The first kappa shape index (κ1) is 12.4. The van der Waals surface area contributed by atoms with Gasteiger partial charge >= 0.3 is 5.97 Å². The number of carboxylic acid groups (broad SMARTS) is 1. The van der Waals surface area contributed by atoms with Crippen molar-refractivity contribution in [3.05, 3.63) is 42.1 Å². The van der Waals surface area contributed by atoms with Crippen LogP contribution in [-0.4, -0.2) is 34.4 Å². The highest BCUT2D eigenvalue weighted by molar-refractivity contribution is 5.85. The summed E-state index contributed by atoms with van der Waals surface area (Å²) in [6.07, 6.45) is 0.858. The van der Waals surface area contributed by atoms with E-state index in [0.717, 1.165) is 24.4 Å². The van der Waals surface area contributed by atoms with Gasteiger partial charge in [0.05, 0.1) is 12.3 Å². The molecule has 1 aliphatic heterocycles. The molecule has 0 spiro atoms. The Labute approximate surface area is 115 Å². The number of hydrogen-bond donors (Lipinski definition) is 1. The van der Waals surface area contributed by atoms with Crippen molar-refractivity contribution in [2.45, 2.75) is 6.42 Å². The van der Waals surface area contributed by atoms with Gasteiger partial charge in [0.2, 0.25) is 0 Å². The Bertz CT molecular complexity index is 628. The number of carbonyl (C=O) groups is 1. The molecule has 2 aromatic rings.